The lowest BCUT2D eigenvalue weighted by atomic mass is 10.3. The summed E-state index contributed by atoms with van der Waals surface area (Å²) in [6, 6.07) is 29.2. The Bertz CT molecular complexity index is 944. The third-order valence-corrected chi connectivity index (χ3v) is 6.55. The molecule has 4 rings (SSSR count). The van der Waals surface area contributed by atoms with Crippen molar-refractivity contribution in [3.63, 3.8) is 0 Å². The maximum atomic E-state index is 5.57. The van der Waals surface area contributed by atoms with E-state index in [2.05, 4.69) is 71.3 Å². The molecule has 4 heteroatoms. The van der Waals surface area contributed by atoms with Gasteiger partial charge in [0.1, 0.15) is 11.3 Å². The van der Waals surface area contributed by atoms with Crippen LogP contribution in [0.5, 0.6) is 5.75 Å². The van der Waals surface area contributed by atoms with Crippen LogP contribution in [0.15, 0.2) is 97.3 Å². The fourth-order valence-electron chi connectivity index (χ4n) is 3.01. The molecule has 26 heavy (non-hydrogen) atoms. The maximum Gasteiger partial charge on any atom is 0.145 e. The van der Waals surface area contributed by atoms with Gasteiger partial charge in [0.15, 0.2) is 0 Å². The van der Waals surface area contributed by atoms with Gasteiger partial charge < -0.3 is 4.74 Å². The lowest BCUT2D eigenvalue weighted by Crippen LogP contribution is -2.27. The highest BCUT2D eigenvalue weighted by molar-refractivity contribution is 7.79. The lowest BCUT2D eigenvalue weighted by molar-refractivity contribution is 0.413. The molecule has 0 saturated carbocycles. The zero-order valence-electron chi connectivity index (χ0n) is 14.5. The molecule has 3 aromatic carbocycles. The third-order valence-electron chi connectivity index (χ3n) is 4.19. The highest BCUT2D eigenvalue weighted by Crippen LogP contribution is 2.34. The van der Waals surface area contributed by atoms with Crippen LogP contribution in [0.1, 0.15) is 0 Å². The Morgan fingerprint density at radius 2 is 1.35 bits per heavy atom. The number of hydrogen-bond donors (Lipinski definition) is 0. The molecule has 0 aliphatic carbocycles. The van der Waals surface area contributed by atoms with E-state index in [9.17, 15) is 0 Å². The van der Waals surface area contributed by atoms with Crippen LogP contribution in [0.4, 0.5) is 0 Å². The fourth-order valence-corrected chi connectivity index (χ4v) is 5.28. The van der Waals surface area contributed by atoms with Gasteiger partial charge in [-0.3, -0.25) is 4.57 Å². The summed E-state index contributed by atoms with van der Waals surface area (Å²) in [5.74, 6) is 0.836. The van der Waals surface area contributed by atoms with Gasteiger partial charge in [-0.15, -0.1) is 0 Å². The molecule has 3 nitrogen and oxygen atoms in total. The van der Waals surface area contributed by atoms with Crippen LogP contribution in [-0.2, 0) is 0 Å². The molecule has 1 aromatic heterocycles. The molecule has 0 aliphatic heterocycles. The molecule has 0 fully saturated rings. The van der Waals surface area contributed by atoms with Crippen LogP contribution >= 0.6 is 7.92 Å². The zero-order valence-corrected chi connectivity index (χ0v) is 15.4. The van der Waals surface area contributed by atoms with Crippen molar-refractivity contribution < 1.29 is 4.74 Å². The average molecular weight is 358 g/mol. The maximum absolute atomic E-state index is 5.57. The van der Waals surface area contributed by atoms with Gasteiger partial charge in [0, 0.05) is 20.3 Å². The number of imidazole rings is 1. The van der Waals surface area contributed by atoms with Gasteiger partial charge in [-0.05, 0) is 22.7 Å². The summed E-state index contributed by atoms with van der Waals surface area (Å²) < 4.78 is 7.72. The van der Waals surface area contributed by atoms with Gasteiger partial charge in [0.25, 0.3) is 0 Å². The summed E-state index contributed by atoms with van der Waals surface area (Å²) in [7, 11) is 0.927. The van der Waals surface area contributed by atoms with Gasteiger partial charge in [-0.1, -0.05) is 72.8 Å². The predicted octanol–water partition coefficient (Wildman–Crippen LogP) is 3.64. The summed E-state index contributed by atoms with van der Waals surface area (Å²) in [6.45, 7) is 0. The number of ether oxygens (including phenoxy) is 1. The molecule has 4 aromatic rings. The van der Waals surface area contributed by atoms with E-state index in [4.69, 9.17) is 9.72 Å². The Morgan fingerprint density at radius 3 is 1.96 bits per heavy atom. The normalized spacial score (nSPS) is 10.8. The quantitative estimate of drug-likeness (QED) is 0.510. The van der Waals surface area contributed by atoms with Crippen molar-refractivity contribution in [3.05, 3.63) is 97.3 Å². The third kappa shape index (κ3) is 3.14. The molecular weight excluding hydrogens is 339 g/mol. The van der Waals surface area contributed by atoms with E-state index in [0.29, 0.717) is 0 Å². The van der Waals surface area contributed by atoms with Crippen LogP contribution < -0.4 is 20.9 Å². The van der Waals surface area contributed by atoms with E-state index in [1.807, 2.05) is 30.6 Å². The molecule has 0 radical (unpaired) electrons. The molecule has 128 valence electrons. The molecule has 0 spiro atoms. The first-order valence-electron chi connectivity index (χ1n) is 8.45. The van der Waals surface area contributed by atoms with Crippen LogP contribution in [0.2, 0.25) is 0 Å². The Kier molecular flexibility index (Phi) is 4.81. The molecule has 0 unspecified atom stereocenters. The van der Waals surface area contributed by atoms with Crippen LogP contribution in [0.25, 0.3) is 5.69 Å². The number of aromatic nitrogens is 2. The van der Waals surface area contributed by atoms with E-state index < -0.39 is 7.92 Å². The second-order valence-corrected chi connectivity index (χ2v) is 7.88. The second-order valence-electron chi connectivity index (χ2n) is 5.78. The standard InChI is InChI=1S/C22H19N2OP/c1-25-21-15-9-8-14-20(21)24-17-16-23-22(24)26(18-10-4-2-5-11-18)19-12-6-3-7-13-19/h2-17H,1H3. The van der Waals surface area contributed by atoms with Crippen molar-refractivity contribution in [3.8, 4) is 11.4 Å². The first-order valence-corrected chi connectivity index (χ1v) is 9.79. The minimum Gasteiger partial charge on any atom is -0.495 e. The van der Waals surface area contributed by atoms with Crippen molar-refractivity contribution in [1.29, 1.82) is 0 Å². The first kappa shape index (κ1) is 16.6. The Morgan fingerprint density at radius 1 is 0.769 bits per heavy atom. The van der Waals surface area contributed by atoms with Gasteiger partial charge in [-0.25, -0.2) is 4.98 Å². The van der Waals surface area contributed by atoms with Gasteiger partial charge in [0.2, 0.25) is 0 Å². The van der Waals surface area contributed by atoms with Gasteiger partial charge in [-0.2, -0.15) is 0 Å². The molecule has 0 bridgehead atoms. The summed E-state index contributed by atoms with van der Waals surface area (Å²) in [5.41, 5.74) is 2.03. The predicted molar refractivity (Wildman–Crippen MR) is 109 cm³/mol. The number of nitrogens with zero attached hydrogens (tertiary/aromatic N) is 2. The fraction of sp³-hybridized carbons (Fsp3) is 0.0455. The molecule has 1 heterocycles. The van der Waals surface area contributed by atoms with Crippen LogP contribution in [0, 0.1) is 0 Å². The molecule has 0 N–H and O–H groups in total. The number of para-hydroxylation sites is 2. The molecular formula is C22H19N2OP. The van der Waals surface area contributed by atoms with E-state index in [-0.39, 0.29) is 0 Å². The number of rotatable bonds is 5. The van der Waals surface area contributed by atoms with Crippen LogP contribution in [0.3, 0.4) is 0 Å². The Labute approximate surface area is 154 Å². The van der Waals surface area contributed by atoms with Crippen molar-refractivity contribution in [2.75, 3.05) is 7.11 Å². The first-order chi connectivity index (χ1) is 12.9. The van der Waals surface area contributed by atoms with Crippen molar-refractivity contribution >= 4 is 24.1 Å². The Hall–Kier alpha value is -2.90. The van der Waals surface area contributed by atoms with E-state index >= 15 is 0 Å². The van der Waals surface area contributed by atoms with E-state index in [0.717, 1.165) is 17.0 Å². The Balaban J connectivity index is 1.90. The van der Waals surface area contributed by atoms with Gasteiger partial charge in [0.05, 0.1) is 12.8 Å². The summed E-state index contributed by atoms with van der Waals surface area (Å²) in [4.78, 5) is 4.76. The molecule has 0 atom stereocenters. The molecule has 0 saturated heterocycles. The SMILES string of the molecule is COc1ccccc1-n1ccnc1P(c1ccccc1)c1ccccc1. The summed E-state index contributed by atoms with van der Waals surface area (Å²) >= 11 is 0. The summed E-state index contributed by atoms with van der Waals surface area (Å²) in [6.07, 6.45) is 3.87. The van der Waals surface area contributed by atoms with Crippen LogP contribution in [-0.4, -0.2) is 16.7 Å². The van der Waals surface area contributed by atoms with E-state index in [1.165, 1.54) is 10.6 Å². The van der Waals surface area contributed by atoms with Crippen molar-refractivity contribution in [2.45, 2.75) is 0 Å². The minimum atomic E-state index is -0.774. The summed E-state index contributed by atoms with van der Waals surface area (Å²) in [5, 5.41) is 2.55. The highest BCUT2D eigenvalue weighted by Gasteiger charge is 2.22. The van der Waals surface area contributed by atoms with Gasteiger partial charge >= 0.3 is 0 Å². The zero-order chi connectivity index (χ0) is 17.8. The van der Waals surface area contributed by atoms with Crippen molar-refractivity contribution in [2.24, 2.45) is 0 Å². The number of benzene rings is 3. The number of methoxy groups -OCH3 is 1. The largest absolute Gasteiger partial charge is 0.495 e. The molecule has 0 aliphatic rings. The highest BCUT2D eigenvalue weighted by atomic mass is 31.1. The second kappa shape index (κ2) is 7.55. The van der Waals surface area contributed by atoms with E-state index in [1.54, 1.807) is 7.11 Å². The lowest BCUT2D eigenvalue weighted by Gasteiger charge is -2.20. The van der Waals surface area contributed by atoms with Crippen molar-refractivity contribution in [1.82, 2.24) is 9.55 Å². The smallest absolute Gasteiger partial charge is 0.145 e. The average Bonchev–Trinajstić information content (AvgIpc) is 3.19. The number of hydrogen-bond acceptors (Lipinski definition) is 2. The molecule has 0 amide bonds. The topological polar surface area (TPSA) is 27.1 Å². The minimum absolute atomic E-state index is 0.774. The monoisotopic (exact) mass is 358 g/mol.